The van der Waals surface area contributed by atoms with Crippen molar-refractivity contribution < 1.29 is 17.9 Å². The Morgan fingerprint density at radius 1 is 1.21 bits per heavy atom. The van der Waals surface area contributed by atoms with Gasteiger partial charge in [-0.15, -0.1) is 6.42 Å². The minimum atomic E-state index is -3.68. The van der Waals surface area contributed by atoms with Crippen molar-refractivity contribution in [3.63, 3.8) is 0 Å². The first-order valence-electron chi connectivity index (χ1n) is 12.2. The fraction of sp³-hybridized carbons (Fsp3) is 0.321. The Balaban J connectivity index is 1.79. The molecule has 1 amide bonds. The zero-order valence-electron chi connectivity index (χ0n) is 21.2. The molecule has 0 saturated heterocycles. The van der Waals surface area contributed by atoms with Crippen molar-refractivity contribution in [2.75, 3.05) is 19.7 Å². The predicted molar refractivity (Wildman–Crippen MR) is 153 cm³/mol. The topological polar surface area (TPSA) is 102 Å². The summed E-state index contributed by atoms with van der Waals surface area (Å²) in [5.74, 6) is 2.75. The first-order chi connectivity index (χ1) is 18.2. The van der Waals surface area contributed by atoms with Crippen LogP contribution in [0.5, 0.6) is 5.75 Å². The molecule has 0 aliphatic heterocycles. The molecule has 1 heterocycles. The minimum absolute atomic E-state index is 0.0831. The van der Waals surface area contributed by atoms with Gasteiger partial charge < -0.3 is 15.4 Å². The summed E-state index contributed by atoms with van der Waals surface area (Å²) in [6, 6.07) is 13.1. The van der Waals surface area contributed by atoms with Gasteiger partial charge in [-0.05, 0) is 77.5 Å². The van der Waals surface area contributed by atoms with Crippen molar-refractivity contribution in [2.45, 2.75) is 43.7 Å². The number of halogens is 1. The third kappa shape index (κ3) is 8.58. The number of nitrogens with zero attached hydrogens (tertiary/aromatic N) is 1. The Labute approximate surface area is 234 Å². The molecular weight excluding hydrogens is 542 g/mol. The van der Waals surface area contributed by atoms with E-state index in [1.165, 1.54) is 12.1 Å². The standard InChI is InChI=1S/C28H32ClN3O4S2/c1-3-13-31-38(34,35)25-8-5-21(6-9-25)11-14-32(28(33)26(30)17-22-12-16-37-20-22)19-23-18-24(29)7-10-27(23)36-15-4-2/h1,5-10,12,16,18,20,26,31H,4,11,13-15,17,19,30H2,2H3/t26-/m0/s1. The smallest absolute Gasteiger partial charge is 0.241 e. The molecule has 0 aliphatic rings. The summed E-state index contributed by atoms with van der Waals surface area (Å²) < 4.78 is 32.9. The van der Waals surface area contributed by atoms with Crippen LogP contribution in [0.25, 0.3) is 0 Å². The van der Waals surface area contributed by atoms with Crippen LogP contribution in [0.4, 0.5) is 0 Å². The van der Waals surface area contributed by atoms with Crippen LogP contribution in [0.15, 0.2) is 64.2 Å². The number of nitrogens with two attached hydrogens (primary N) is 1. The zero-order valence-corrected chi connectivity index (χ0v) is 23.6. The van der Waals surface area contributed by atoms with Crippen LogP contribution in [-0.2, 0) is 34.2 Å². The highest BCUT2D eigenvalue weighted by Gasteiger charge is 2.23. The lowest BCUT2D eigenvalue weighted by atomic mass is 10.1. The average Bonchev–Trinajstić information content (AvgIpc) is 3.42. The largest absolute Gasteiger partial charge is 0.493 e. The third-order valence-corrected chi connectivity index (χ3v) is 8.16. The fourth-order valence-corrected chi connectivity index (χ4v) is 5.61. The Morgan fingerprint density at radius 2 is 1.97 bits per heavy atom. The second-order valence-corrected chi connectivity index (χ2v) is 11.7. The third-order valence-electron chi connectivity index (χ3n) is 5.78. The molecule has 10 heteroatoms. The van der Waals surface area contributed by atoms with E-state index < -0.39 is 16.1 Å². The van der Waals surface area contributed by atoms with E-state index in [9.17, 15) is 13.2 Å². The van der Waals surface area contributed by atoms with Gasteiger partial charge in [-0.3, -0.25) is 4.79 Å². The molecule has 0 spiro atoms. The summed E-state index contributed by atoms with van der Waals surface area (Å²) in [6.07, 6.45) is 6.94. The highest BCUT2D eigenvalue weighted by Crippen LogP contribution is 2.25. The van der Waals surface area contributed by atoms with Crippen LogP contribution >= 0.6 is 22.9 Å². The summed E-state index contributed by atoms with van der Waals surface area (Å²) in [7, 11) is -3.68. The second kappa shape index (κ2) is 14.3. The molecule has 38 heavy (non-hydrogen) atoms. The lowest BCUT2D eigenvalue weighted by Gasteiger charge is -2.27. The van der Waals surface area contributed by atoms with Gasteiger partial charge >= 0.3 is 0 Å². The fourth-order valence-electron chi connectivity index (χ4n) is 3.80. The number of amides is 1. The molecule has 0 saturated carbocycles. The summed E-state index contributed by atoms with van der Waals surface area (Å²) >= 11 is 7.84. The molecule has 7 nitrogen and oxygen atoms in total. The van der Waals surface area contributed by atoms with Crippen molar-refractivity contribution in [1.82, 2.24) is 9.62 Å². The van der Waals surface area contributed by atoms with Gasteiger partial charge in [0.1, 0.15) is 5.75 Å². The van der Waals surface area contributed by atoms with Gasteiger partial charge in [0.15, 0.2) is 0 Å². The van der Waals surface area contributed by atoms with E-state index in [1.807, 2.05) is 29.8 Å². The predicted octanol–water partition coefficient (Wildman–Crippen LogP) is 4.24. The van der Waals surface area contributed by atoms with E-state index in [0.717, 1.165) is 23.1 Å². The minimum Gasteiger partial charge on any atom is -0.493 e. The number of benzene rings is 2. The van der Waals surface area contributed by atoms with E-state index in [0.29, 0.717) is 36.8 Å². The number of terminal acetylenes is 1. The van der Waals surface area contributed by atoms with Crippen molar-refractivity contribution in [3.05, 3.63) is 81.0 Å². The number of ether oxygens (including phenoxy) is 1. The highest BCUT2D eigenvalue weighted by atomic mass is 35.5. The molecule has 0 aliphatic carbocycles. The number of nitrogens with one attached hydrogen (secondary N) is 1. The maximum absolute atomic E-state index is 13.5. The van der Waals surface area contributed by atoms with E-state index in [4.69, 9.17) is 28.5 Å². The van der Waals surface area contributed by atoms with Crippen LogP contribution in [-0.4, -0.2) is 45.0 Å². The lowest BCUT2D eigenvalue weighted by molar-refractivity contribution is -0.133. The van der Waals surface area contributed by atoms with Crippen LogP contribution < -0.4 is 15.2 Å². The quantitative estimate of drug-likeness (QED) is 0.281. The second-order valence-electron chi connectivity index (χ2n) is 8.73. The van der Waals surface area contributed by atoms with E-state index >= 15 is 0 Å². The first kappa shape index (κ1) is 29.7. The van der Waals surface area contributed by atoms with Crippen LogP contribution in [0.2, 0.25) is 5.02 Å². The Bertz CT molecular complexity index is 1340. The van der Waals surface area contributed by atoms with Gasteiger partial charge in [-0.1, -0.05) is 36.6 Å². The summed E-state index contributed by atoms with van der Waals surface area (Å²) in [5, 5.41) is 4.49. The van der Waals surface area contributed by atoms with E-state index in [1.54, 1.807) is 40.5 Å². The maximum Gasteiger partial charge on any atom is 0.241 e. The zero-order chi connectivity index (χ0) is 27.5. The summed E-state index contributed by atoms with van der Waals surface area (Å²) in [6.45, 7) is 3.14. The molecule has 3 aromatic rings. The van der Waals surface area contributed by atoms with Gasteiger partial charge in [0.2, 0.25) is 15.9 Å². The molecule has 0 unspecified atom stereocenters. The molecule has 0 radical (unpaired) electrons. The molecule has 1 atom stereocenters. The van der Waals surface area contributed by atoms with Crippen LogP contribution in [0, 0.1) is 12.3 Å². The van der Waals surface area contributed by atoms with E-state index in [2.05, 4.69) is 10.6 Å². The molecule has 2 aromatic carbocycles. The number of carbonyl (C=O) groups excluding carboxylic acids is 1. The van der Waals surface area contributed by atoms with Gasteiger partial charge in [-0.25, -0.2) is 8.42 Å². The molecule has 1 aromatic heterocycles. The number of thiophene rings is 1. The summed E-state index contributed by atoms with van der Waals surface area (Å²) in [4.78, 5) is 15.4. The first-order valence-corrected chi connectivity index (χ1v) is 15.0. The molecular formula is C28H32ClN3O4S2. The highest BCUT2D eigenvalue weighted by molar-refractivity contribution is 7.89. The number of rotatable bonds is 14. The van der Waals surface area contributed by atoms with Crippen molar-refractivity contribution >= 4 is 38.9 Å². The van der Waals surface area contributed by atoms with Crippen molar-refractivity contribution in [2.24, 2.45) is 5.73 Å². The molecule has 202 valence electrons. The molecule has 0 fully saturated rings. The molecule has 0 bridgehead atoms. The number of hydrogen-bond donors (Lipinski definition) is 2. The monoisotopic (exact) mass is 573 g/mol. The van der Waals surface area contributed by atoms with Gasteiger partial charge in [0.05, 0.1) is 24.1 Å². The SMILES string of the molecule is C#CCNS(=O)(=O)c1ccc(CCN(Cc2cc(Cl)ccc2OCCC)C(=O)[C@@H](N)Cc2ccsc2)cc1. The van der Waals surface area contributed by atoms with Gasteiger partial charge in [-0.2, -0.15) is 16.1 Å². The number of carbonyl (C=O) groups is 1. The maximum atomic E-state index is 13.5. The number of sulfonamides is 1. The molecule has 3 rings (SSSR count). The van der Waals surface area contributed by atoms with Crippen molar-refractivity contribution in [1.29, 1.82) is 0 Å². The Kier molecular flexibility index (Phi) is 11.2. The average molecular weight is 574 g/mol. The van der Waals surface area contributed by atoms with E-state index in [-0.39, 0.29) is 23.9 Å². The van der Waals surface area contributed by atoms with Crippen LogP contribution in [0.3, 0.4) is 0 Å². The Morgan fingerprint density at radius 3 is 2.63 bits per heavy atom. The Hall–Kier alpha value is -2.87. The summed E-state index contributed by atoms with van der Waals surface area (Å²) in [5.41, 5.74) is 9.04. The number of hydrogen-bond acceptors (Lipinski definition) is 6. The van der Waals surface area contributed by atoms with Gasteiger partial charge in [0.25, 0.3) is 0 Å². The van der Waals surface area contributed by atoms with Crippen molar-refractivity contribution in [3.8, 4) is 18.1 Å². The van der Waals surface area contributed by atoms with Gasteiger partial charge in [0, 0.05) is 23.7 Å². The van der Waals surface area contributed by atoms with Crippen LogP contribution in [0.1, 0.15) is 30.0 Å². The lowest BCUT2D eigenvalue weighted by Crippen LogP contribution is -2.45. The molecule has 3 N–H and O–H groups in total. The normalized spacial score (nSPS) is 12.1.